The summed E-state index contributed by atoms with van der Waals surface area (Å²) in [4.78, 5) is 10.9. The summed E-state index contributed by atoms with van der Waals surface area (Å²) >= 11 is 0. The van der Waals surface area contributed by atoms with E-state index in [4.69, 9.17) is 9.47 Å². The molecule has 0 saturated carbocycles. The first kappa shape index (κ1) is 20.3. The van der Waals surface area contributed by atoms with Gasteiger partial charge in [-0.1, -0.05) is 0 Å². The molecule has 0 atom stereocenters. The Bertz CT molecular complexity index is 777. The number of nitrogens with one attached hydrogen (secondary N) is 1. The number of rotatable bonds is 4. The zero-order valence-corrected chi connectivity index (χ0v) is 17.9. The number of benzene rings is 1. The number of guanidine groups is 1. The van der Waals surface area contributed by atoms with E-state index in [0.29, 0.717) is 6.54 Å². The summed E-state index contributed by atoms with van der Waals surface area (Å²) in [6.07, 6.45) is 2.48. The molecule has 0 unspecified atom stereocenters. The van der Waals surface area contributed by atoms with Crippen molar-refractivity contribution in [1.82, 2.24) is 25.0 Å². The molecule has 1 N–H and O–H groups in total. The maximum atomic E-state index is 5.43. The van der Waals surface area contributed by atoms with Gasteiger partial charge in [-0.3, -0.25) is 9.67 Å². The fraction of sp³-hybridized carbons (Fsp3) is 0.471. The van der Waals surface area contributed by atoms with E-state index in [1.165, 1.54) is 11.1 Å². The van der Waals surface area contributed by atoms with E-state index >= 15 is 0 Å². The third-order valence-corrected chi connectivity index (χ3v) is 4.44. The Morgan fingerprint density at radius 1 is 1.23 bits per heavy atom. The number of methoxy groups -OCH3 is 2. The number of fused-ring (bicyclic) bond motifs is 1. The van der Waals surface area contributed by atoms with Crippen molar-refractivity contribution in [1.29, 1.82) is 0 Å². The van der Waals surface area contributed by atoms with Crippen LogP contribution in [0, 0.1) is 0 Å². The van der Waals surface area contributed by atoms with Crippen molar-refractivity contribution in [2.24, 2.45) is 12.0 Å². The van der Waals surface area contributed by atoms with Crippen LogP contribution in [0.1, 0.15) is 17.0 Å². The van der Waals surface area contributed by atoms with Crippen LogP contribution in [0.5, 0.6) is 11.5 Å². The Balaban J connectivity index is 0.00000243. The van der Waals surface area contributed by atoms with Gasteiger partial charge in [0.05, 0.1) is 20.8 Å². The van der Waals surface area contributed by atoms with Crippen molar-refractivity contribution < 1.29 is 9.47 Å². The summed E-state index contributed by atoms with van der Waals surface area (Å²) in [5.41, 5.74) is 2.52. The molecule has 0 radical (unpaired) electrons. The van der Waals surface area contributed by atoms with Gasteiger partial charge < -0.3 is 19.7 Å². The zero-order chi connectivity index (χ0) is 17.8. The van der Waals surface area contributed by atoms with Crippen LogP contribution in [-0.2, 0) is 26.6 Å². The first-order valence-corrected chi connectivity index (χ1v) is 8.18. The molecule has 0 saturated heterocycles. The van der Waals surface area contributed by atoms with Crippen molar-refractivity contribution in [3.8, 4) is 11.5 Å². The summed E-state index contributed by atoms with van der Waals surface area (Å²) in [5.74, 6) is 3.25. The van der Waals surface area contributed by atoms with E-state index in [2.05, 4.69) is 37.4 Å². The molecule has 0 bridgehead atoms. The topological polar surface area (TPSA) is 76.8 Å². The van der Waals surface area contributed by atoms with Gasteiger partial charge in [-0.05, 0) is 29.7 Å². The highest BCUT2D eigenvalue weighted by Crippen LogP contribution is 2.33. The molecule has 0 fully saturated rings. The quantitative estimate of drug-likeness (QED) is 0.414. The summed E-state index contributed by atoms with van der Waals surface area (Å²) in [7, 11) is 7.00. The van der Waals surface area contributed by atoms with Crippen LogP contribution in [0.2, 0.25) is 0 Å². The van der Waals surface area contributed by atoms with Crippen molar-refractivity contribution in [3.05, 3.63) is 35.4 Å². The summed E-state index contributed by atoms with van der Waals surface area (Å²) < 4.78 is 12.6. The number of aromatic nitrogens is 3. The average Bonchev–Trinajstić information content (AvgIpc) is 3.05. The Hall–Kier alpha value is -2.04. The van der Waals surface area contributed by atoms with Gasteiger partial charge in [0.25, 0.3) is 0 Å². The highest BCUT2D eigenvalue weighted by Gasteiger charge is 2.21. The maximum absolute atomic E-state index is 5.43. The first-order valence-electron chi connectivity index (χ1n) is 8.18. The molecular weight excluding hydrogens is 447 g/mol. The number of ether oxygens (including phenoxy) is 2. The molecule has 1 aromatic heterocycles. The summed E-state index contributed by atoms with van der Waals surface area (Å²) in [5, 5.41) is 7.45. The SMILES string of the molecule is CN=C(NCc1ncnn1C)N1CCc2cc(OC)c(OC)cc2C1.I. The highest BCUT2D eigenvalue weighted by atomic mass is 127. The van der Waals surface area contributed by atoms with Gasteiger partial charge >= 0.3 is 0 Å². The van der Waals surface area contributed by atoms with E-state index in [1.807, 2.05) is 7.05 Å². The normalized spacial score (nSPS) is 13.7. The maximum Gasteiger partial charge on any atom is 0.194 e. The third-order valence-electron chi connectivity index (χ3n) is 4.44. The molecule has 26 heavy (non-hydrogen) atoms. The molecule has 2 heterocycles. The first-order chi connectivity index (χ1) is 12.2. The van der Waals surface area contributed by atoms with Crippen molar-refractivity contribution >= 4 is 29.9 Å². The summed E-state index contributed by atoms with van der Waals surface area (Å²) in [6.45, 7) is 2.24. The van der Waals surface area contributed by atoms with Crippen LogP contribution in [0.25, 0.3) is 0 Å². The van der Waals surface area contributed by atoms with Gasteiger partial charge in [0.15, 0.2) is 17.5 Å². The zero-order valence-electron chi connectivity index (χ0n) is 15.5. The molecule has 3 rings (SSSR count). The molecule has 1 aliphatic rings. The monoisotopic (exact) mass is 472 g/mol. The van der Waals surface area contributed by atoms with Crippen LogP contribution in [0.15, 0.2) is 23.5 Å². The Kier molecular flexibility index (Phi) is 7.06. The van der Waals surface area contributed by atoms with Gasteiger partial charge in [0, 0.05) is 27.2 Å². The third kappa shape index (κ3) is 4.19. The van der Waals surface area contributed by atoms with E-state index in [9.17, 15) is 0 Å². The fourth-order valence-electron chi connectivity index (χ4n) is 3.03. The largest absolute Gasteiger partial charge is 0.493 e. The van der Waals surface area contributed by atoms with Gasteiger partial charge in [-0.25, -0.2) is 4.98 Å². The van der Waals surface area contributed by atoms with Gasteiger partial charge in [-0.15, -0.1) is 24.0 Å². The molecule has 9 heteroatoms. The number of hydrogen-bond donors (Lipinski definition) is 1. The highest BCUT2D eigenvalue weighted by molar-refractivity contribution is 14.0. The average molecular weight is 472 g/mol. The van der Waals surface area contributed by atoms with Crippen molar-refractivity contribution in [2.45, 2.75) is 19.5 Å². The lowest BCUT2D eigenvalue weighted by molar-refractivity contribution is 0.345. The Morgan fingerprint density at radius 2 is 1.92 bits per heavy atom. The molecule has 0 spiro atoms. The lowest BCUT2D eigenvalue weighted by Gasteiger charge is -2.32. The molecule has 0 amide bonds. The molecule has 8 nitrogen and oxygen atoms in total. The van der Waals surface area contributed by atoms with Crippen LogP contribution in [-0.4, -0.2) is 53.4 Å². The van der Waals surface area contributed by atoms with Crippen LogP contribution >= 0.6 is 24.0 Å². The minimum Gasteiger partial charge on any atom is -0.493 e. The van der Waals surface area contributed by atoms with Gasteiger partial charge in [0.1, 0.15) is 12.2 Å². The van der Waals surface area contributed by atoms with E-state index < -0.39 is 0 Å². The Labute approximate surface area is 170 Å². The number of aliphatic imine (C=N–C) groups is 1. The number of halogens is 1. The Morgan fingerprint density at radius 3 is 2.50 bits per heavy atom. The number of hydrogen-bond acceptors (Lipinski definition) is 5. The van der Waals surface area contributed by atoms with E-state index in [-0.39, 0.29) is 24.0 Å². The molecule has 142 valence electrons. The molecular formula is C17H25IN6O2. The smallest absolute Gasteiger partial charge is 0.194 e. The number of aryl methyl sites for hydroxylation is 1. The fourth-order valence-corrected chi connectivity index (χ4v) is 3.03. The van der Waals surface area contributed by atoms with E-state index in [1.54, 1.807) is 32.3 Å². The molecule has 1 aliphatic heterocycles. The standard InChI is InChI=1S/C17H24N6O2.HI/c1-18-17(19-9-16-20-11-21-22(16)2)23-6-5-12-7-14(24-3)15(25-4)8-13(12)10-23;/h7-8,11H,5-6,9-10H2,1-4H3,(H,18,19);1H. The predicted octanol–water partition coefficient (Wildman–Crippen LogP) is 1.58. The second-order valence-corrected chi connectivity index (χ2v) is 5.85. The predicted molar refractivity (Wildman–Crippen MR) is 110 cm³/mol. The lowest BCUT2D eigenvalue weighted by Crippen LogP contribution is -2.44. The summed E-state index contributed by atoms with van der Waals surface area (Å²) in [6, 6.07) is 4.12. The molecule has 2 aromatic rings. The van der Waals surface area contributed by atoms with Gasteiger partial charge in [-0.2, -0.15) is 5.10 Å². The van der Waals surface area contributed by atoms with Crippen LogP contribution in [0.4, 0.5) is 0 Å². The minimum absolute atomic E-state index is 0. The lowest BCUT2D eigenvalue weighted by atomic mass is 9.99. The second kappa shape index (κ2) is 9.06. The van der Waals surface area contributed by atoms with Crippen molar-refractivity contribution in [3.63, 3.8) is 0 Å². The molecule has 0 aliphatic carbocycles. The minimum atomic E-state index is 0. The van der Waals surface area contributed by atoms with Gasteiger partial charge in [0.2, 0.25) is 0 Å². The second-order valence-electron chi connectivity index (χ2n) is 5.85. The van der Waals surface area contributed by atoms with E-state index in [0.717, 1.165) is 42.8 Å². The molecule has 1 aromatic carbocycles. The van der Waals surface area contributed by atoms with Crippen LogP contribution in [0.3, 0.4) is 0 Å². The van der Waals surface area contributed by atoms with Crippen molar-refractivity contribution in [2.75, 3.05) is 27.8 Å². The van der Waals surface area contributed by atoms with Crippen LogP contribution < -0.4 is 14.8 Å². The number of nitrogens with zero attached hydrogens (tertiary/aromatic N) is 5.